The van der Waals surface area contributed by atoms with Crippen molar-refractivity contribution >= 4 is 29.2 Å². The molecule has 1 aliphatic rings. The Bertz CT molecular complexity index is 529. The molecule has 0 aliphatic carbocycles. The third-order valence-corrected chi connectivity index (χ3v) is 3.59. The van der Waals surface area contributed by atoms with Gasteiger partial charge in [0, 0.05) is 15.6 Å². The largest absolute Gasteiger partial charge is 0.479 e. The van der Waals surface area contributed by atoms with Gasteiger partial charge in [-0.15, -0.1) is 0 Å². The fourth-order valence-electron chi connectivity index (χ4n) is 2.21. The minimum absolute atomic E-state index is 0.353. The maximum atomic E-state index is 11.5. The van der Waals surface area contributed by atoms with Crippen molar-refractivity contribution in [3.8, 4) is 0 Å². The minimum Gasteiger partial charge on any atom is -0.479 e. The molecule has 2 atom stereocenters. The van der Waals surface area contributed by atoms with Gasteiger partial charge in [-0.25, -0.2) is 4.79 Å². The summed E-state index contributed by atoms with van der Waals surface area (Å²) in [5, 5.41) is 10.2. The van der Waals surface area contributed by atoms with E-state index in [2.05, 4.69) is 0 Å². The van der Waals surface area contributed by atoms with E-state index in [-0.39, 0.29) is 0 Å². The van der Waals surface area contributed by atoms with Crippen LogP contribution in [0, 0.1) is 0 Å². The normalized spacial score (nSPS) is 29.4. The highest BCUT2D eigenvalue weighted by atomic mass is 35.5. The predicted molar refractivity (Wildman–Crippen MR) is 71.5 cm³/mol. The van der Waals surface area contributed by atoms with E-state index in [1.807, 2.05) is 0 Å². The Morgan fingerprint density at radius 2 is 1.95 bits per heavy atom. The SMILES string of the molecule is CC1(C)O[C@H](c2ccc(Cl)cc2Cl)[C@@](C)(C(=O)O)O1. The summed E-state index contributed by atoms with van der Waals surface area (Å²) in [4.78, 5) is 11.5. The molecule has 2 rings (SSSR count). The highest BCUT2D eigenvalue weighted by Gasteiger charge is 2.56. The van der Waals surface area contributed by atoms with E-state index in [9.17, 15) is 9.90 Å². The maximum Gasteiger partial charge on any atom is 0.338 e. The number of aliphatic carboxylic acids is 1. The lowest BCUT2D eigenvalue weighted by atomic mass is 9.93. The van der Waals surface area contributed by atoms with Crippen LogP contribution in [0.5, 0.6) is 0 Å². The molecule has 6 heteroatoms. The fourth-order valence-corrected chi connectivity index (χ4v) is 2.72. The lowest BCUT2D eigenvalue weighted by Gasteiger charge is -2.24. The van der Waals surface area contributed by atoms with Crippen LogP contribution in [0.15, 0.2) is 18.2 Å². The molecule has 4 nitrogen and oxygen atoms in total. The zero-order valence-electron chi connectivity index (χ0n) is 10.7. The van der Waals surface area contributed by atoms with Crippen molar-refractivity contribution in [1.29, 1.82) is 0 Å². The first-order valence-corrected chi connectivity index (χ1v) is 6.48. The number of carbonyl (C=O) groups is 1. The third-order valence-electron chi connectivity index (χ3n) is 3.03. The Hall–Kier alpha value is -0.810. The average molecular weight is 305 g/mol. The summed E-state index contributed by atoms with van der Waals surface area (Å²) in [5.41, 5.74) is -0.956. The monoisotopic (exact) mass is 304 g/mol. The van der Waals surface area contributed by atoms with E-state index in [0.29, 0.717) is 15.6 Å². The van der Waals surface area contributed by atoms with Gasteiger partial charge in [-0.1, -0.05) is 29.3 Å². The second kappa shape index (κ2) is 4.63. The van der Waals surface area contributed by atoms with Gasteiger partial charge in [-0.3, -0.25) is 0 Å². The lowest BCUT2D eigenvalue weighted by Crippen LogP contribution is -2.41. The third kappa shape index (κ3) is 2.58. The first kappa shape index (κ1) is 14.6. The quantitative estimate of drug-likeness (QED) is 0.906. The first-order chi connectivity index (χ1) is 8.66. The van der Waals surface area contributed by atoms with Gasteiger partial charge in [0.1, 0.15) is 6.10 Å². The predicted octanol–water partition coefficient (Wildman–Crippen LogP) is 3.66. The molecule has 1 aromatic rings. The molecular formula is C13H14Cl2O4. The van der Waals surface area contributed by atoms with Crippen molar-refractivity contribution in [1.82, 2.24) is 0 Å². The Balaban J connectivity index is 2.50. The van der Waals surface area contributed by atoms with E-state index in [4.69, 9.17) is 32.7 Å². The zero-order chi connectivity index (χ0) is 14.4. The lowest BCUT2D eigenvalue weighted by molar-refractivity contribution is -0.182. The van der Waals surface area contributed by atoms with Gasteiger partial charge < -0.3 is 14.6 Å². The van der Waals surface area contributed by atoms with Crippen LogP contribution in [-0.4, -0.2) is 22.5 Å². The van der Waals surface area contributed by atoms with Crippen LogP contribution in [0.3, 0.4) is 0 Å². The number of halogens is 2. The van der Waals surface area contributed by atoms with Crippen LogP contribution in [0.2, 0.25) is 10.0 Å². The first-order valence-electron chi connectivity index (χ1n) is 5.72. The number of benzene rings is 1. The van der Waals surface area contributed by atoms with E-state index in [1.165, 1.54) is 6.92 Å². The molecule has 1 heterocycles. The van der Waals surface area contributed by atoms with Crippen molar-refractivity contribution in [3.05, 3.63) is 33.8 Å². The fraction of sp³-hybridized carbons (Fsp3) is 0.462. The molecule has 1 fully saturated rings. The number of carboxylic acids is 1. The minimum atomic E-state index is -1.50. The van der Waals surface area contributed by atoms with Crippen molar-refractivity contribution in [2.45, 2.75) is 38.3 Å². The molecule has 1 aliphatic heterocycles. The van der Waals surface area contributed by atoms with Crippen molar-refractivity contribution in [3.63, 3.8) is 0 Å². The molecule has 1 aromatic carbocycles. The van der Waals surface area contributed by atoms with Gasteiger partial charge in [0.25, 0.3) is 0 Å². The molecule has 0 radical (unpaired) electrons. The molecule has 1 N–H and O–H groups in total. The Labute approximate surface area is 121 Å². The molecular weight excluding hydrogens is 291 g/mol. The topological polar surface area (TPSA) is 55.8 Å². The Kier molecular flexibility index (Phi) is 3.56. The van der Waals surface area contributed by atoms with Crippen LogP contribution in [0.25, 0.3) is 0 Å². The summed E-state index contributed by atoms with van der Waals surface area (Å²) in [6, 6.07) is 4.84. The van der Waals surface area contributed by atoms with Gasteiger partial charge in [0.15, 0.2) is 11.4 Å². The van der Waals surface area contributed by atoms with Gasteiger partial charge in [0.05, 0.1) is 0 Å². The number of carboxylic acid groups (broad SMARTS) is 1. The molecule has 0 unspecified atom stereocenters. The molecule has 0 saturated carbocycles. The van der Waals surface area contributed by atoms with Crippen LogP contribution >= 0.6 is 23.2 Å². The molecule has 19 heavy (non-hydrogen) atoms. The summed E-state index contributed by atoms with van der Waals surface area (Å²) >= 11 is 12.0. The van der Waals surface area contributed by atoms with Crippen molar-refractivity contribution in [2.24, 2.45) is 0 Å². The Morgan fingerprint density at radius 3 is 2.47 bits per heavy atom. The zero-order valence-corrected chi connectivity index (χ0v) is 12.2. The standard InChI is InChI=1S/C13H14Cl2O4/c1-12(2)18-10(13(3,19-12)11(16)17)8-5-4-7(14)6-9(8)15/h4-6,10H,1-3H3,(H,16,17)/t10-,13+/m1/s1. The molecule has 1 saturated heterocycles. The summed E-state index contributed by atoms with van der Waals surface area (Å²) in [6.45, 7) is 4.80. The van der Waals surface area contributed by atoms with E-state index < -0.39 is 23.5 Å². The average Bonchev–Trinajstić information content (AvgIpc) is 2.50. The Morgan fingerprint density at radius 1 is 1.32 bits per heavy atom. The van der Waals surface area contributed by atoms with Crippen LogP contribution in [0.4, 0.5) is 0 Å². The summed E-state index contributed by atoms with van der Waals surface area (Å²) in [7, 11) is 0. The summed E-state index contributed by atoms with van der Waals surface area (Å²) < 4.78 is 11.2. The molecule has 104 valence electrons. The van der Waals surface area contributed by atoms with Crippen LogP contribution in [0.1, 0.15) is 32.4 Å². The van der Waals surface area contributed by atoms with Crippen LogP contribution < -0.4 is 0 Å². The van der Waals surface area contributed by atoms with E-state index in [0.717, 1.165) is 0 Å². The highest BCUT2D eigenvalue weighted by molar-refractivity contribution is 6.35. The number of hydrogen-bond acceptors (Lipinski definition) is 3. The second-order valence-electron chi connectivity index (χ2n) is 5.08. The summed E-state index contributed by atoms with van der Waals surface area (Å²) in [5.74, 6) is -2.10. The van der Waals surface area contributed by atoms with Gasteiger partial charge in [-0.05, 0) is 32.9 Å². The van der Waals surface area contributed by atoms with Gasteiger partial charge in [0.2, 0.25) is 0 Å². The van der Waals surface area contributed by atoms with Crippen LogP contribution in [-0.2, 0) is 14.3 Å². The number of rotatable bonds is 2. The highest BCUT2D eigenvalue weighted by Crippen LogP contribution is 2.47. The van der Waals surface area contributed by atoms with Gasteiger partial charge >= 0.3 is 5.97 Å². The van der Waals surface area contributed by atoms with E-state index in [1.54, 1.807) is 32.0 Å². The molecule has 0 spiro atoms. The maximum absolute atomic E-state index is 11.5. The molecule has 0 aromatic heterocycles. The molecule has 0 bridgehead atoms. The number of hydrogen-bond donors (Lipinski definition) is 1. The van der Waals surface area contributed by atoms with Gasteiger partial charge in [-0.2, -0.15) is 0 Å². The van der Waals surface area contributed by atoms with Crippen molar-refractivity contribution in [2.75, 3.05) is 0 Å². The summed E-state index contributed by atoms with van der Waals surface area (Å²) in [6.07, 6.45) is -0.801. The second-order valence-corrected chi connectivity index (χ2v) is 5.92. The van der Waals surface area contributed by atoms with E-state index >= 15 is 0 Å². The number of ether oxygens (including phenoxy) is 2. The smallest absolute Gasteiger partial charge is 0.338 e. The van der Waals surface area contributed by atoms with Crippen molar-refractivity contribution < 1.29 is 19.4 Å². The molecule has 0 amide bonds.